The molecule has 0 aromatic carbocycles. The molecule has 1 aliphatic rings. The Kier molecular flexibility index (Phi) is 4.66. The van der Waals surface area contributed by atoms with Gasteiger partial charge in [-0.2, -0.15) is 0 Å². The van der Waals surface area contributed by atoms with E-state index in [-0.39, 0.29) is 17.5 Å². The number of rotatable bonds is 5. The number of nitrogens with one attached hydrogen (secondary N) is 1. The summed E-state index contributed by atoms with van der Waals surface area (Å²) in [6.45, 7) is 2.71. The number of hydrogen-bond donors (Lipinski definition) is 2. The van der Waals surface area contributed by atoms with Gasteiger partial charge in [-0.3, -0.25) is 10.1 Å². The van der Waals surface area contributed by atoms with E-state index in [1.165, 1.54) is 0 Å². The lowest BCUT2D eigenvalue weighted by Gasteiger charge is -2.30. The predicted molar refractivity (Wildman–Crippen MR) is 73.6 cm³/mol. The number of anilines is 1. The van der Waals surface area contributed by atoms with Gasteiger partial charge in [0, 0.05) is 25.7 Å². The molecule has 0 bridgehead atoms. The van der Waals surface area contributed by atoms with Crippen LogP contribution in [0.5, 0.6) is 0 Å². The Hall–Kier alpha value is -2.26. The van der Waals surface area contributed by atoms with Crippen LogP contribution in [0.4, 0.5) is 11.5 Å². The van der Waals surface area contributed by atoms with E-state index >= 15 is 0 Å². The van der Waals surface area contributed by atoms with E-state index in [2.05, 4.69) is 15.2 Å². The van der Waals surface area contributed by atoms with Crippen LogP contribution in [-0.2, 0) is 4.74 Å². The van der Waals surface area contributed by atoms with Crippen molar-refractivity contribution in [2.75, 3.05) is 38.6 Å². The zero-order chi connectivity index (χ0) is 15.4. The highest BCUT2D eigenvalue weighted by molar-refractivity contribution is 5.93. The van der Waals surface area contributed by atoms with Gasteiger partial charge in [0.25, 0.3) is 0 Å². The van der Waals surface area contributed by atoms with Gasteiger partial charge in [0.2, 0.25) is 0 Å². The predicted octanol–water partition coefficient (Wildman–Crippen LogP) is 0.430. The van der Waals surface area contributed by atoms with Crippen molar-refractivity contribution in [2.24, 2.45) is 0 Å². The van der Waals surface area contributed by atoms with Gasteiger partial charge in [-0.15, -0.1) is 0 Å². The second-order valence-electron chi connectivity index (χ2n) is 4.78. The van der Waals surface area contributed by atoms with Crippen molar-refractivity contribution < 1.29 is 19.6 Å². The van der Waals surface area contributed by atoms with Crippen molar-refractivity contribution in [1.29, 1.82) is 0 Å². The largest absolute Gasteiger partial charge is 0.477 e. The number of aromatic nitrogens is 1. The molecule has 0 saturated carbocycles. The highest BCUT2D eigenvalue weighted by atomic mass is 16.6. The maximum atomic E-state index is 11.0. The summed E-state index contributed by atoms with van der Waals surface area (Å²) in [5.41, 5.74) is -0.916. The molecule has 1 fully saturated rings. The zero-order valence-corrected chi connectivity index (χ0v) is 11.5. The van der Waals surface area contributed by atoms with E-state index in [0.29, 0.717) is 13.2 Å². The highest BCUT2D eigenvalue weighted by Gasteiger charge is 2.22. The molecular formula is C12H16N4O5. The van der Waals surface area contributed by atoms with Crippen molar-refractivity contribution in [2.45, 2.75) is 6.10 Å². The number of morpholine rings is 1. The number of nitro groups is 1. The molecule has 0 radical (unpaired) electrons. The standard InChI is InChI=1S/C12H16N4O5/c1-15-2-3-21-8(7-15)5-13-11-4-9(12(17)18)10(6-14-11)16(19)20/h4,6,8H,2-3,5,7H2,1H3,(H,13,14)(H,17,18). The third kappa shape index (κ3) is 3.86. The molecule has 0 amide bonds. The number of likely N-dealkylation sites (N-methyl/N-ethyl adjacent to an activating group) is 1. The first-order valence-corrected chi connectivity index (χ1v) is 6.39. The van der Waals surface area contributed by atoms with Crippen LogP contribution in [0.15, 0.2) is 12.3 Å². The fraction of sp³-hybridized carbons (Fsp3) is 0.500. The Labute approximate surface area is 120 Å². The third-order valence-corrected chi connectivity index (χ3v) is 3.16. The van der Waals surface area contributed by atoms with Crippen molar-refractivity contribution in [1.82, 2.24) is 9.88 Å². The Morgan fingerprint density at radius 3 is 3.10 bits per heavy atom. The van der Waals surface area contributed by atoms with Crippen LogP contribution in [0.25, 0.3) is 0 Å². The minimum atomic E-state index is -1.36. The van der Waals surface area contributed by atoms with Crippen LogP contribution in [-0.4, -0.2) is 65.3 Å². The first-order chi connectivity index (χ1) is 9.97. The number of carbonyl (C=O) groups is 1. The summed E-state index contributed by atoms with van der Waals surface area (Å²) in [5.74, 6) is -1.09. The molecule has 9 heteroatoms. The van der Waals surface area contributed by atoms with Crippen LogP contribution >= 0.6 is 0 Å². The number of hydrogen-bond acceptors (Lipinski definition) is 7. The molecule has 1 unspecified atom stereocenters. The summed E-state index contributed by atoms with van der Waals surface area (Å²) in [6.07, 6.45) is 0.911. The molecule has 0 spiro atoms. The quantitative estimate of drug-likeness (QED) is 0.593. The molecule has 2 rings (SSSR count). The summed E-state index contributed by atoms with van der Waals surface area (Å²) < 4.78 is 5.55. The first-order valence-electron chi connectivity index (χ1n) is 6.39. The average molecular weight is 296 g/mol. The molecule has 1 aromatic rings. The van der Waals surface area contributed by atoms with Crippen molar-refractivity contribution in [3.63, 3.8) is 0 Å². The molecule has 9 nitrogen and oxygen atoms in total. The lowest BCUT2D eigenvalue weighted by atomic mass is 10.2. The van der Waals surface area contributed by atoms with Gasteiger partial charge in [-0.05, 0) is 7.05 Å². The SMILES string of the molecule is CN1CCOC(CNc2cc(C(=O)O)c([N+](=O)[O-])cn2)C1. The van der Waals surface area contributed by atoms with Gasteiger partial charge in [-0.1, -0.05) is 0 Å². The Balaban J connectivity index is 2.05. The molecule has 2 heterocycles. The molecule has 2 N–H and O–H groups in total. The van der Waals surface area contributed by atoms with E-state index in [1.54, 1.807) is 0 Å². The monoisotopic (exact) mass is 296 g/mol. The Morgan fingerprint density at radius 2 is 2.48 bits per heavy atom. The van der Waals surface area contributed by atoms with Crippen molar-refractivity contribution in [3.8, 4) is 0 Å². The highest BCUT2D eigenvalue weighted by Crippen LogP contribution is 2.20. The lowest BCUT2D eigenvalue weighted by molar-refractivity contribution is -0.385. The van der Waals surface area contributed by atoms with Gasteiger partial charge in [0.05, 0.1) is 17.6 Å². The summed E-state index contributed by atoms with van der Waals surface area (Å²) in [6, 6.07) is 1.16. The van der Waals surface area contributed by atoms with E-state index in [0.717, 1.165) is 25.4 Å². The molecule has 1 saturated heterocycles. The number of nitrogens with zero attached hydrogens (tertiary/aromatic N) is 3. The summed E-state index contributed by atoms with van der Waals surface area (Å²) in [7, 11) is 1.99. The van der Waals surface area contributed by atoms with E-state index < -0.39 is 16.6 Å². The number of ether oxygens (including phenoxy) is 1. The first kappa shape index (κ1) is 15.1. The van der Waals surface area contributed by atoms with Crippen LogP contribution in [0, 0.1) is 10.1 Å². The minimum absolute atomic E-state index is 0.0333. The van der Waals surface area contributed by atoms with Gasteiger partial charge in [-0.25, -0.2) is 9.78 Å². The fourth-order valence-corrected chi connectivity index (χ4v) is 2.07. The summed E-state index contributed by atoms with van der Waals surface area (Å²) in [5, 5.41) is 22.7. The second kappa shape index (κ2) is 6.46. The van der Waals surface area contributed by atoms with E-state index in [9.17, 15) is 14.9 Å². The van der Waals surface area contributed by atoms with Crippen LogP contribution in [0.1, 0.15) is 10.4 Å². The summed E-state index contributed by atoms with van der Waals surface area (Å²) >= 11 is 0. The van der Waals surface area contributed by atoms with Crippen LogP contribution < -0.4 is 5.32 Å². The molecule has 21 heavy (non-hydrogen) atoms. The number of carboxylic acids is 1. The molecule has 1 aliphatic heterocycles. The van der Waals surface area contributed by atoms with Gasteiger partial charge >= 0.3 is 11.7 Å². The van der Waals surface area contributed by atoms with Gasteiger partial charge in [0.1, 0.15) is 17.6 Å². The van der Waals surface area contributed by atoms with Crippen molar-refractivity contribution >= 4 is 17.5 Å². The molecule has 1 atom stereocenters. The molecule has 0 aliphatic carbocycles. The van der Waals surface area contributed by atoms with E-state index in [1.807, 2.05) is 7.05 Å². The smallest absolute Gasteiger partial charge is 0.342 e. The normalized spacial score (nSPS) is 19.2. The molecule has 114 valence electrons. The van der Waals surface area contributed by atoms with Gasteiger partial charge in [0.15, 0.2) is 0 Å². The minimum Gasteiger partial charge on any atom is -0.477 e. The molecule has 1 aromatic heterocycles. The fourth-order valence-electron chi connectivity index (χ4n) is 2.07. The maximum Gasteiger partial charge on any atom is 0.342 e. The van der Waals surface area contributed by atoms with Crippen molar-refractivity contribution in [3.05, 3.63) is 27.9 Å². The van der Waals surface area contributed by atoms with Crippen LogP contribution in [0.3, 0.4) is 0 Å². The van der Waals surface area contributed by atoms with Gasteiger partial charge < -0.3 is 20.1 Å². The average Bonchev–Trinajstić information content (AvgIpc) is 2.44. The maximum absolute atomic E-state index is 11.0. The lowest BCUT2D eigenvalue weighted by Crippen LogP contribution is -2.43. The molecular weight excluding hydrogens is 280 g/mol. The van der Waals surface area contributed by atoms with E-state index in [4.69, 9.17) is 9.84 Å². The number of carboxylic acid groups (broad SMARTS) is 1. The number of pyridine rings is 1. The Bertz CT molecular complexity index is 550. The Morgan fingerprint density at radius 1 is 1.71 bits per heavy atom. The zero-order valence-electron chi connectivity index (χ0n) is 11.5. The van der Waals surface area contributed by atoms with Crippen LogP contribution in [0.2, 0.25) is 0 Å². The summed E-state index contributed by atoms with van der Waals surface area (Å²) in [4.78, 5) is 27.0. The third-order valence-electron chi connectivity index (χ3n) is 3.16. The second-order valence-corrected chi connectivity index (χ2v) is 4.78. The topological polar surface area (TPSA) is 118 Å². The number of aromatic carboxylic acids is 1.